The molecule has 1 atom stereocenters. The maximum atomic E-state index is 6.07. The van der Waals surface area contributed by atoms with Gasteiger partial charge in [0, 0.05) is 24.8 Å². The summed E-state index contributed by atoms with van der Waals surface area (Å²) >= 11 is 0. The lowest BCUT2D eigenvalue weighted by atomic mass is 9.79. The number of aryl methyl sites for hydroxylation is 2. The highest BCUT2D eigenvalue weighted by Gasteiger charge is 2.23. The van der Waals surface area contributed by atoms with Crippen LogP contribution in [0.15, 0.2) is 60.7 Å². The highest BCUT2D eigenvalue weighted by atomic mass is 16.5. The van der Waals surface area contributed by atoms with Gasteiger partial charge in [-0.15, -0.1) is 0 Å². The van der Waals surface area contributed by atoms with Crippen LogP contribution < -0.4 is 19.5 Å². The molecule has 0 aromatic heterocycles. The molecule has 220 valence electrons. The largest absolute Gasteiger partial charge is 0.497 e. The number of likely N-dealkylation sites (tertiary alicyclic amines) is 1. The van der Waals surface area contributed by atoms with Crippen molar-refractivity contribution in [2.75, 3.05) is 52.3 Å². The fourth-order valence-electron chi connectivity index (χ4n) is 6.39. The highest BCUT2D eigenvalue weighted by Crippen LogP contribution is 2.38. The average Bonchev–Trinajstić information content (AvgIpc) is 3.00. The van der Waals surface area contributed by atoms with Crippen LogP contribution in [0.25, 0.3) is 0 Å². The third-order valence-electron chi connectivity index (χ3n) is 8.85. The molecule has 3 aromatic carbocycles. The van der Waals surface area contributed by atoms with Crippen molar-refractivity contribution in [2.24, 2.45) is 0 Å². The summed E-state index contributed by atoms with van der Waals surface area (Å²) in [6.45, 7) is 5.17. The molecule has 0 radical (unpaired) electrons. The number of hydrogen-bond acceptors (Lipinski definition) is 5. The van der Waals surface area contributed by atoms with E-state index in [4.69, 9.17) is 14.2 Å². The molecule has 1 N–H and O–H groups in total. The lowest BCUT2D eigenvalue weighted by molar-refractivity contribution is 0.195. The molecular formula is C36H48N2O3. The van der Waals surface area contributed by atoms with Gasteiger partial charge in [0.05, 0.1) is 14.2 Å². The summed E-state index contributed by atoms with van der Waals surface area (Å²) in [6, 6.07) is 21.8. The van der Waals surface area contributed by atoms with E-state index >= 15 is 0 Å². The van der Waals surface area contributed by atoms with Crippen LogP contribution in [-0.4, -0.2) is 51.9 Å². The van der Waals surface area contributed by atoms with Crippen molar-refractivity contribution < 1.29 is 14.2 Å². The van der Waals surface area contributed by atoms with Crippen molar-refractivity contribution in [3.63, 3.8) is 0 Å². The predicted molar refractivity (Wildman–Crippen MR) is 169 cm³/mol. The van der Waals surface area contributed by atoms with Crippen LogP contribution in [0.5, 0.6) is 17.2 Å². The molecule has 0 spiro atoms. The van der Waals surface area contributed by atoms with Crippen LogP contribution in [0.4, 0.5) is 5.69 Å². The standard InChI is InChI=1S/C36H48N2O3/c1-39-33-17-14-29-25-31(13-12-30(29)26-33)35-19-18-34(40-2)27-36(35)37-20-8-9-28-10-15-32(16-11-28)41-24-23-38-21-6-4-3-5-7-22-38/h10-11,14-19,26-27,31,37H,3-9,12-13,20-25H2,1-2H3. The topological polar surface area (TPSA) is 43.0 Å². The molecule has 2 aliphatic rings. The van der Waals surface area contributed by atoms with Gasteiger partial charge < -0.3 is 19.5 Å². The third-order valence-corrected chi connectivity index (χ3v) is 8.85. The SMILES string of the molecule is COc1ccc2c(c1)CCC(c1ccc(OC)cc1NCCCc1ccc(OCCN3CCCCCCC3)cc1)C2. The van der Waals surface area contributed by atoms with E-state index in [-0.39, 0.29) is 0 Å². The number of hydrogen-bond donors (Lipinski definition) is 1. The Morgan fingerprint density at radius 1 is 0.780 bits per heavy atom. The van der Waals surface area contributed by atoms with Gasteiger partial charge in [0.2, 0.25) is 0 Å². The Morgan fingerprint density at radius 3 is 2.27 bits per heavy atom. The molecule has 1 unspecified atom stereocenters. The Hall–Kier alpha value is -3.18. The summed E-state index contributed by atoms with van der Waals surface area (Å²) in [7, 11) is 3.48. The van der Waals surface area contributed by atoms with E-state index in [1.54, 1.807) is 14.2 Å². The quantitative estimate of drug-likeness (QED) is 0.232. The lowest BCUT2D eigenvalue weighted by Crippen LogP contribution is -2.31. The van der Waals surface area contributed by atoms with E-state index in [2.05, 4.69) is 70.9 Å². The smallest absolute Gasteiger partial charge is 0.120 e. The minimum atomic E-state index is 0.501. The van der Waals surface area contributed by atoms with Crippen LogP contribution in [0.1, 0.15) is 73.1 Å². The minimum Gasteiger partial charge on any atom is -0.497 e. The number of nitrogens with zero attached hydrogens (tertiary/aromatic N) is 1. The first-order valence-electron chi connectivity index (χ1n) is 15.7. The second-order valence-electron chi connectivity index (χ2n) is 11.7. The summed E-state index contributed by atoms with van der Waals surface area (Å²) in [4.78, 5) is 2.57. The van der Waals surface area contributed by atoms with E-state index in [9.17, 15) is 0 Å². The van der Waals surface area contributed by atoms with Crippen molar-refractivity contribution in [1.82, 2.24) is 4.90 Å². The van der Waals surface area contributed by atoms with E-state index in [1.807, 2.05) is 0 Å². The van der Waals surface area contributed by atoms with Crippen LogP contribution >= 0.6 is 0 Å². The molecule has 41 heavy (non-hydrogen) atoms. The molecule has 1 heterocycles. The van der Waals surface area contributed by atoms with Crippen LogP contribution in [0.3, 0.4) is 0 Å². The lowest BCUT2D eigenvalue weighted by Gasteiger charge is -2.27. The number of rotatable bonds is 12. The second kappa shape index (κ2) is 15.2. The monoisotopic (exact) mass is 556 g/mol. The van der Waals surface area contributed by atoms with Gasteiger partial charge in [-0.1, -0.05) is 43.5 Å². The number of methoxy groups -OCH3 is 2. The summed E-state index contributed by atoms with van der Waals surface area (Å²) in [5.41, 5.74) is 6.81. The molecule has 0 bridgehead atoms. The first kappa shape index (κ1) is 29.3. The second-order valence-corrected chi connectivity index (χ2v) is 11.7. The molecule has 5 heteroatoms. The molecular weight excluding hydrogens is 508 g/mol. The summed E-state index contributed by atoms with van der Waals surface area (Å²) in [5.74, 6) is 3.34. The van der Waals surface area contributed by atoms with Crippen molar-refractivity contribution in [3.8, 4) is 17.2 Å². The summed E-state index contributed by atoms with van der Waals surface area (Å²) in [6.07, 6.45) is 12.2. The average molecular weight is 557 g/mol. The normalized spacial score (nSPS) is 17.7. The Morgan fingerprint density at radius 2 is 1.49 bits per heavy atom. The molecule has 1 aliphatic heterocycles. The zero-order chi connectivity index (χ0) is 28.3. The molecule has 5 rings (SSSR count). The van der Waals surface area contributed by atoms with E-state index < -0.39 is 0 Å². The molecule has 0 amide bonds. The molecule has 1 aliphatic carbocycles. The zero-order valence-electron chi connectivity index (χ0n) is 25.1. The molecule has 1 saturated heterocycles. The zero-order valence-corrected chi connectivity index (χ0v) is 25.1. The third kappa shape index (κ3) is 8.42. The number of benzene rings is 3. The van der Waals surface area contributed by atoms with Gasteiger partial charge >= 0.3 is 0 Å². The molecule has 0 saturated carbocycles. The van der Waals surface area contributed by atoms with E-state index in [0.717, 1.165) is 69.0 Å². The predicted octanol–water partition coefficient (Wildman–Crippen LogP) is 7.67. The number of anilines is 1. The first-order valence-corrected chi connectivity index (χ1v) is 15.7. The number of ether oxygens (including phenoxy) is 3. The summed E-state index contributed by atoms with van der Waals surface area (Å²) < 4.78 is 17.1. The first-order chi connectivity index (χ1) is 20.2. The van der Waals surface area contributed by atoms with Gasteiger partial charge in [0.1, 0.15) is 23.9 Å². The molecule has 3 aromatic rings. The van der Waals surface area contributed by atoms with Crippen molar-refractivity contribution >= 4 is 5.69 Å². The van der Waals surface area contributed by atoms with Gasteiger partial charge in [-0.3, -0.25) is 4.90 Å². The van der Waals surface area contributed by atoms with Crippen molar-refractivity contribution in [3.05, 3.63) is 82.9 Å². The maximum absolute atomic E-state index is 6.07. The fraction of sp³-hybridized carbons (Fsp3) is 0.500. The number of fused-ring (bicyclic) bond motifs is 1. The fourth-order valence-corrected chi connectivity index (χ4v) is 6.39. The number of nitrogens with one attached hydrogen (secondary N) is 1. The Labute approximate surface area is 247 Å². The van der Waals surface area contributed by atoms with Gasteiger partial charge in [-0.25, -0.2) is 0 Å². The molecule has 5 nitrogen and oxygen atoms in total. The van der Waals surface area contributed by atoms with Gasteiger partial charge in [0.15, 0.2) is 0 Å². The van der Waals surface area contributed by atoms with Crippen LogP contribution in [-0.2, 0) is 19.3 Å². The van der Waals surface area contributed by atoms with E-state index in [0.29, 0.717) is 5.92 Å². The van der Waals surface area contributed by atoms with Gasteiger partial charge in [0.25, 0.3) is 0 Å². The maximum Gasteiger partial charge on any atom is 0.120 e. The molecule has 1 fully saturated rings. The van der Waals surface area contributed by atoms with Crippen molar-refractivity contribution in [2.45, 2.75) is 70.1 Å². The van der Waals surface area contributed by atoms with Gasteiger partial charge in [-0.2, -0.15) is 0 Å². The van der Waals surface area contributed by atoms with Crippen LogP contribution in [0, 0.1) is 0 Å². The van der Waals surface area contributed by atoms with Crippen molar-refractivity contribution in [1.29, 1.82) is 0 Å². The Kier molecular flexibility index (Phi) is 10.8. The highest BCUT2D eigenvalue weighted by molar-refractivity contribution is 5.57. The Balaban J connectivity index is 1.09. The minimum absolute atomic E-state index is 0.501. The summed E-state index contributed by atoms with van der Waals surface area (Å²) in [5, 5.41) is 3.75. The Bertz CT molecular complexity index is 1220. The van der Waals surface area contributed by atoms with Gasteiger partial charge in [-0.05, 0) is 117 Å². The van der Waals surface area contributed by atoms with Crippen LogP contribution in [0.2, 0.25) is 0 Å². The van der Waals surface area contributed by atoms with E-state index in [1.165, 1.54) is 73.1 Å².